The van der Waals surface area contributed by atoms with Gasteiger partial charge in [-0.1, -0.05) is 36.1 Å². The highest BCUT2D eigenvalue weighted by Crippen LogP contribution is 2.32. The van der Waals surface area contributed by atoms with Gasteiger partial charge in [-0.15, -0.1) is 0 Å². The van der Waals surface area contributed by atoms with Crippen molar-refractivity contribution in [2.24, 2.45) is 0 Å². The van der Waals surface area contributed by atoms with E-state index in [9.17, 15) is 9.59 Å². The molecule has 5 nitrogen and oxygen atoms in total. The van der Waals surface area contributed by atoms with Crippen molar-refractivity contribution in [1.82, 2.24) is 4.90 Å². The molecular formula is C14H13NO4S2. The lowest BCUT2D eigenvalue weighted by molar-refractivity contribution is -0.143. The number of hydrogen-bond donors (Lipinski definition) is 0. The van der Waals surface area contributed by atoms with Crippen molar-refractivity contribution in [3.05, 3.63) is 34.7 Å². The second kappa shape index (κ2) is 6.73. The van der Waals surface area contributed by atoms with Gasteiger partial charge in [-0.3, -0.25) is 14.5 Å². The van der Waals surface area contributed by atoms with E-state index in [4.69, 9.17) is 17.0 Å². The zero-order valence-electron chi connectivity index (χ0n) is 11.5. The number of amides is 1. The van der Waals surface area contributed by atoms with E-state index in [1.54, 1.807) is 25.3 Å². The fourth-order valence-corrected chi connectivity index (χ4v) is 2.94. The number of nitrogens with zero attached hydrogens (tertiary/aromatic N) is 1. The summed E-state index contributed by atoms with van der Waals surface area (Å²) in [6, 6.07) is 7.29. The van der Waals surface area contributed by atoms with Crippen LogP contribution in [0.15, 0.2) is 29.2 Å². The Morgan fingerprint density at radius 1 is 1.33 bits per heavy atom. The van der Waals surface area contributed by atoms with Crippen LogP contribution >= 0.6 is 24.0 Å². The first-order chi connectivity index (χ1) is 10.0. The van der Waals surface area contributed by atoms with Crippen LogP contribution in [0, 0.1) is 0 Å². The van der Waals surface area contributed by atoms with Crippen molar-refractivity contribution in [2.75, 3.05) is 20.8 Å². The number of thiocarbonyl (C=S) groups is 1. The number of ether oxygens (including phenoxy) is 2. The van der Waals surface area contributed by atoms with E-state index >= 15 is 0 Å². The summed E-state index contributed by atoms with van der Waals surface area (Å²) in [7, 11) is 2.86. The molecule has 1 heterocycles. The van der Waals surface area contributed by atoms with Crippen LogP contribution in [0.1, 0.15) is 5.56 Å². The van der Waals surface area contributed by atoms with Crippen LogP contribution in [-0.2, 0) is 14.3 Å². The highest BCUT2D eigenvalue weighted by atomic mass is 32.2. The number of methoxy groups -OCH3 is 2. The second-order valence-electron chi connectivity index (χ2n) is 4.12. The molecule has 1 amide bonds. The first-order valence-electron chi connectivity index (χ1n) is 6.01. The third-order valence-electron chi connectivity index (χ3n) is 2.80. The zero-order valence-corrected chi connectivity index (χ0v) is 13.1. The number of carbonyl (C=O) groups is 2. The van der Waals surface area contributed by atoms with Crippen molar-refractivity contribution in [3.63, 3.8) is 0 Å². The van der Waals surface area contributed by atoms with Crippen LogP contribution < -0.4 is 4.74 Å². The van der Waals surface area contributed by atoms with Gasteiger partial charge in [0.25, 0.3) is 5.91 Å². The van der Waals surface area contributed by atoms with E-state index < -0.39 is 5.97 Å². The number of hydrogen-bond acceptors (Lipinski definition) is 6. The van der Waals surface area contributed by atoms with Crippen molar-refractivity contribution >= 4 is 46.3 Å². The average Bonchev–Trinajstić information content (AvgIpc) is 2.75. The minimum atomic E-state index is -0.503. The molecule has 1 aliphatic heterocycles. The van der Waals surface area contributed by atoms with Crippen molar-refractivity contribution in [2.45, 2.75) is 0 Å². The van der Waals surface area contributed by atoms with E-state index in [0.717, 1.165) is 11.3 Å². The lowest BCUT2D eigenvalue weighted by Crippen LogP contribution is -2.33. The van der Waals surface area contributed by atoms with Crippen LogP contribution in [0.4, 0.5) is 0 Å². The monoisotopic (exact) mass is 323 g/mol. The van der Waals surface area contributed by atoms with E-state index in [2.05, 4.69) is 4.74 Å². The van der Waals surface area contributed by atoms with Crippen LogP contribution in [0.3, 0.4) is 0 Å². The molecule has 1 saturated heterocycles. The van der Waals surface area contributed by atoms with Gasteiger partial charge in [0.1, 0.15) is 16.6 Å². The van der Waals surface area contributed by atoms with Crippen LogP contribution in [0.2, 0.25) is 0 Å². The predicted octanol–water partition coefficient (Wildman–Crippen LogP) is 2.07. The molecule has 0 aromatic heterocycles. The van der Waals surface area contributed by atoms with E-state index in [-0.39, 0.29) is 12.5 Å². The molecule has 0 N–H and O–H groups in total. The first-order valence-corrected chi connectivity index (χ1v) is 7.24. The Labute approximate surface area is 131 Å². The van der Waals surface area contributed by atoms with Gasteiger partial charge in [0.2, 0.25) is 0 Å². The fourth-order valence-electron chi connectivity index (χ4n) is 1.68. The third-order valence-corrected chi connectivity index (χ3v) is 4.18. The largest absolute Gasteiger partial charge is 0.497 e. The average molecular weight is 323 g/mol. The van der Waals surface area contributed by atoms with Crippen LogP contribution in [0.5, 0.6) is 5.75 Å². The number of esters is 1. The van der Waals surface area contributed by atoms with Gasteiger partial charge < -0.3 is 9.47 Å². The Bertz CT molecular complexity index is 610. The van der Waals surface area contributed by atoms with E-state index in [1.807, 2.05) is 12.1 Å². The summed E-state index contributed by atoms with van der Waals surface area (Å²) in [5.74, 6) is -0.0476. The molecule has 2 rings (SSSR count). The molecule has 0 bridgehead atoms. The molecule has 0 spiro atoms. The minimum absolute atomic E-state index is 0.166. The summed E-state index contributed by atoms with van der Waals surface area (Å²) in [6.45, 7) is -0.166. The zero-order chi connectivity index (χ0) is 15.4. The van der Waals surface area contributed by atoms with Gasteiger partial charge in [0, 0.05) is 0 Å². The number of carbonyl (C=O) groups excluding carboxylic acids is 2. The number of benzene rings is 1. The van der Waals surface area contributed by atoms with Crippen LogP contribution in [0.25, 0.3) is 6.08 Å². The molecule has 110 valence electrons. The quantitative estimate of drug-likeness (QED) is 0.480. The predicted molar refractivity (Wildman–Crippen MR) is 84.9 cm³/mol. The van der Waals surface area contributed by atoms with Gasteiger partial charge in [-0.2, -0.15) is 0 Å². The van der Waals surface area contributed by atoms with Crippen LogP contribution in [-0.4, -0.2) is 41.9 Å². The summed E-state index contributed by atoms with van der Waals surface area (Å²) in [4.78, 5) is 25.2. The smallest absolute Gasteiger partial charge is 0.325 e. The Morgan fingerprint density at radius 2 is 2.00 bits per heavy atom. The summed E-state index contributed by atoms with van der Waals surface area (Å²) in [6.07, 6.45) is 1.73. The normalized spacial score (nSPS) is 16.5. The first kappa shape index (κ1) is 15.5. The maximum absolute atomic E-state index is 12.2. The molecule has 0 unspecified atom stereocenters. The van der Waals surface area contributed by atoms with E-state index in [1.165, 1.54) is 23.8 Å². The Kier molecular flexibility index (Phi) is 4.98. The summed E-state index contributed by atoms with van der Waals surface area (Å²) in [5, 5.41) is 0. The SMILES string of the molecule is COC(=O)CN1C(=O)/C(=C/c2ccc(OC)cc2)SC1=S. The Morgan fingerprint density at radius 3 is 2.57 bits per heavy atom. The highest BCUT2D eigenvalue weighted by Gasteiger charge is 2.33. The standard InChI is InChI=1S/C14H13NO4S2/c1-18-10-5-3-9(4-6-10)7-11-13(17)15(14(20)21-11)8-12(16)19-2/h3-7H,8H2,1-2H3/b11-7-. The summed E-state index contributed by atoms with van der Waals surface area (Å²) < 4.78 is 9.98. The molecule has 1 fully saturated rings. The molecule has 21 heavy (non-hydrogen) atoms. The topological polar surface area (TPSA) is 55.8 Å². The summed E-state index contributed by atoms with van der Waals surface area (Å²) in [5.41, 5.74) is 0.856. The maximum atomic E-state index is 12.2. The molecular weight excluding hydrogens is 310 g/mol. The molecule has 0 atom stereocenters. The Balaban J connectivity index is 2.17. The van der Waals surface area contributed by atoms with Crippen molar-refractivity contribution in [3.8, 4) is 5.75 Å². The van der Waals surface area contributed by atoms with E-state index in [0.29, 0.717) is 9.23 Å². The molecule has 0 radical (unpaired) electrons. The van der Waals surface area contributed by atoms with Gasteiger partial charge in [0.05, 0.1) is 19.1 Å². The highest BCUT2D eigenvalue weighted by molar-refractivity contribution is 8.26. The molecule has 1 aromatic rings. The lowest BCUT2D eigenvalue weighted by Gasteiger charge is -2.11. The lowest BCUT2D eigenvalue weighted by atomic mass is 10.2. The number of thioether (sulfide) groups is 1. The Hall–Kier alpha value is -1.86. The maximum Gasteiger partial charge on any atom is 0.325 e. The molecule has 0 aliphatic carbocycles. The van der Waals surface area contributed by atoms with Gasteiger partial charge in [-0.25, -0.2) is 0 Å². The molecule has 1 aliphatic rings. The molecule has 0 saturated carbocycles. The summed E-state index contributed by atoms with van der Waals surface area (Å²) >= 11 is 6.29. The number of rotatable bonds is 4. The fraction of sp³-hybridized carbons (Fsp3) is 0.214. The molecule has 1 aromatic carbocycles. The van der Waals surface area contributed by atoms with Gasteiger partial charge >= 0.3 is 5.97 Å². The molecule has 7 heteroatoms. The van der Waals surface area contributed by atoms with Crippen molar-refractivity contribution in [1.29, 1.82) is 0 Å². The van der Waals surface area contributed by atoms with Gasteiger partial charge in [-0.05, 0) is 23.8 Å². The second-order valence-corrected chi connectivity index (χ2v) is 5.79. The third kappa shape index (κ3) is 3.62. The van der Waals surface area contributed by atoms with Crippen molar-refractivity contribution < 1.29 is 19.1 Å². The van der Waals surface area contributed by atoms with Gasteiger partial charge in [0.15, 0.2) is 0 Å². The minimum Gasteiger partial charge on any atom is -0.497 e.